The summed E-state index contributed by atoms with van der Waals surface area (Å²) in [6, 6.07) is 5.69. The number of thiol groups is 1. The Bertz CT molecular complexity index is 871. The van der Waals surface area contributed by atoms with Crippen LogP contribution in [0.4, 0.5) is 21.6 Å². The van der Waals surface area contributed by atoms with Gasteiger partial charge < -0.3 is 10.1 Å². The first kappa shape index (κ1) is 20.3. The first-order valence-corrected chi connectivity index (χ1v) is 9.82. The fourth-order valence-corrected chi connectivity index (χ4v) is 3.52. The molecule has 1 heterocycles. The molecule has 0 fully saturated rings. The molecule has 0 radical (unpaired) electrons. The molecule has 0 saturated carbocycles. The smallest absolute Gasteiger partial charge is 0.255 e. The standard InChI is InChI=1S/C17H22FN3O3S2/c1-4-5-8-26(23)20-16-14(24-3)10-15(22)21(2)17(16)19-13-7-6-11(25)9-12(13)18/h6-7,9-10,19-20,25H,4-5,8H2,1-3H3. The van der Waals surface area contributed by atoms with E-state index in [1.54, 1.807) is 6.07 Å². The predicted octanol–water partition coefficient (Wildman–Crippen LogP) is 3.44. The van der Waals surface area contributed by atoms with Crippen molar-refractivity contribution in [2.24, 2.45) is 7.05 Å². The maximum Gasteiger partial charge on any atom is 0.255 e. The van der Waals surface area contributed by atoms with Gasteiger partial charge in [0.05, 0.1) is 12.8 Å². The number of unbranched alkanes of at least 4 members (excludes halogenated alkanes) is 1. The number of pyridine rings is 1. The third-order valence-electron chi connectivity index (χ3n) is 3.73. The van der Waals surface area contributed by atoms with E-state index < -0.39 is 16.8 Å². The summed E-state index contributed by atoms with van der Waals surface area (Å²) in [4.78, 5) is 12.7. The van der Waals surface area contributed by atoms with Gasteiger partial charge in [-0.3, -0.25) is 14.1 Å². The minimum absolute atomic E-state index is 0.161. The van der Waals surface area contributed by atoms with E-state index in [1.165, 1.54) is 36.9 Å². The maximum absolute atomic E-state index is 14.2. The van der Waals surface area contributed by atoms with Gasteiger partial charge in [0.2, 0.25) is 0 Å². The van der Waals surface area contributed by atoms with E-state index in [9.17, 15) is 13.4 Å². The van der Waals surface area contributed by atoms with Crippen molar-refractivity contribution < 1.29 is 13.3 Å². The van der Waals surface area contributed by atoms with E-state index in [1.807, 2.05) is 6.92 Å². The third kappa shape index (κ3) is 4.79. The highest BCUT2D eigenvalue weighted by Gasteiger charge is 2.18. The molecular formula is C17H22FN3O3S2. The van der Waals surface area contributed by atoms with E-state index in [-0.39, 0.29) is 22.8 Å². The Morgan fingerprint density at radius 2 is 2.08 bits per heavy atom. The van der Waals surface area contributed by atoms with Crippen molar-refractivity contribution in [3.63, 3.8) is 0 Å². The van der Waals surface area contributed by atoms with E-state index in [0.717, 1.165) is 12.8 Å². The van der Waals surface area contributed by atoms with Gasteiger partial charge in [0.25, 0.3) is 5.56 Å². The van der Waals surface area contributed by atoms with Crippen LogP contribution in [-0.2, 0) is 18.0 Å². The van der Waals surface area contributed by atoms with Crippen molar-refractivity contribution in [1.29, 1.82) is 0 Å². The summed E-state index contributed by atoms with van der Waals surface area (Å²) >= 11 is 4.10. The zero-order chi connectivity index (χ0) is 19.3. The van der Waals surface area contributed by atoms with Crippen molar-refractivity contribution in [2.45, 2.75) is 24.7 Å². The minimum atomic E-state index is -1.37. The van der Waals surface area contributed by atoms with Crippen LogP contribution in [0.1, 0.15) is 19.8 Å². The van der Waals surface area contributed by atoms with Crippen molar-refractivity contribution >= 4 is 40.8 Å². The Labute approximate surface area is 159 Å². The summed E-state index contributed by atoms with van der Waals surface area (Å²) in [5, 5.41) is 2.89. The highest BCUT2D eigenvalue weighted by atomic mass is 32.2. The van der Waals surface area contributed by atoms with Crippen molar-refractivity contribution in [2.75, 3.05) is 22.9 Å². The number of methoxy groups -OCH3 is 1. The zero-order valence-electron chi connectivity index (χ0n) is 14.8. The van der Waals surface area contributed by atoms with Gasteiger partial charge in [0, 0.05) is 23.8 Å². The number of hydrogen-bond acceptors (Lipinski definition) is 5. The number of ether oxygens (including phenoxy) is 1. The molecule has 142 valence electrons. The van der Waals surface area contributed by atoms with Gasteiger partial charge in [0.15, 0.2) is 5.75 Å². The Hall–Kier alpha value is -2.00. The molecule has 2 N–H and O–H groups in total. The summed E-state index contributed by atoms with van der Waals surface area (Å²) in [6.45, 7) is 2.00. The van der Waals surface area contributed by atoms with Crippen LogP contribution in [0, 0.1) is 5.82 Å². The molecule has 1 unspecified atom stereocenters. The van der Waals surface area contributed by atoms with Crippen LogP contribution in [0.2, 0.25) is 0 Å². The molecule has 0 aliphatic heterocycles. The lowest BCUT2D eigenvalue weighted by molar-refractivity contribution is 0.415. The Kier molecular flexibility index (Phi) is 7.10. The molecule has 0 aliphatic rings. The molecule has 26 heavy (non-hydrogen) atoms. The number of aromatic nitrogens is 1. The first-order valence-electron chi connectivity index (χ1n) is 8.06. The average Bonchev–Trinajstić information content (AvgIpc) is 2.60. The molecular weight excluding hydrogens is 377 g/mol. The number of benzene rings is 1. The molecule has 0 spiro atoms. The highest BCUT2D eigenvalue weighted by molar-refractivity contribution is 7.86. The number of nitrogens with zero attached hydrogens (tertiary/aromatic N) is 1. The van der Waals surface area contributed by atoms with Gasteiger partial charge in [0.1, 0.15) is 28.3 Å². The lowest BCUT2D eigenvalue weighted by Gasteiger charge is -2.19. The van der Waals surface area contributed by atoms with E-state index in [0.29, 0.717) is 16.3 Å². The normalized spacial score (nSPS) is 11.9. The van der Waals surface area contributed by atoms with Crippen LogP contribution in [-0.4, -0.2) is 21.6 Å². The summed E-state index contributed by atoms with van der Waals surface area (Å²) in [5.41, 5.74) is 0.146. The highest BCUT2D eigenvalue weighted by Crippen LogP contribution is 2.34. The molecule has 1 aromatic heterocycles. The summed E-state index contributed by atoms with van der Waals surface area (Å²) < 4.78 is 35.9. The molecule has 2 rings (SSSR count). The van der Waals surface area contributed by atoms with Crippen LogP contribution in [0.3, 0.4) is 0 Å². The van der Waals surface area contributed by atoms with Crippen molar-refractivity contribution in [3.05, 3.63) is 40.4 Å². The molecule has 1 atom stereocenters. The second kappa shape index (κ2) is 9.09. The number of hydrogen-bond donors (Lipinski definition) is 3. The number of nitrogens with one attached hydrogen (secondary N) is 2. The molecule has 2 aromatic rings. The van der Waals surface area contributed by atoms with Crippen LogP contribution in [0.25, 0.3) is 0 Å². The molecule has 0 amide bonds. The maximum atomic E-state index is 14.2. The summed E-state index contributed by atoms with van der Waals surface area (Å²) in [6.07, 6.45) is 1.69. The molecule has 1 aromatic carbocycles. The van der Waals surface area contributed by atoms with Crippen molar-refractivity contribution in [1.82, 2.24) is 4.57 Å². The van der Waals surface area contributed by atoms with Gasteiger partial charge in [-0.05, 0) is 24.6 Å². The molecule has 0 bridgehead atoms. The van der Waals surface area contributed by atoms with Gasteiger partial charge in [-0.1, -0.05) is 13.3 Å². The number of halogens is 1. The van der Waals surface area contributed by atoms with Crippen LogP contribution in [0.15, 0.2) is 34.0 Å². The lowest BCUT2D eigenvalue weighted by Crippen LogP contribution is -2.22. The fraction of sp³-hybridized carbons (Fsp3) is 0.353. The summed E-state index contributed by atoms with van der Waals surface area (Å²) in [7, 11) is 1.58. The van der Waals surface area contributed by atoms with E-state index in [2.05, 4.69) is 22.7 Å². The topological polar surface area (TPSA) is 72.4 Å². The van der Waals surface area contributed by atoms with Crippen molar-refractivity contribution in [3.8, 4) is 5.75 Å². The quantitative estimate of drug-likeness (QED) is 0.595. The minimum Gasteiger partial charge on any atom is -0.494 e. The average molecular weight is 400 g/mol. The van der Waals surface area contributed by atoms with Gasteiger partial charge in [-0.2, -0.15) is 0 Å². The van der Waals surface area contributed by atoms with Crippen LogP contribution < -0.4 is 20.3 Å². The second-order valence-corrected chi connectivity index (χ2v) is 7.45. The molecule has 0 aliphatic carbocycles. The predicted molar refractivity (Wildman–Crippen MR) is 107 cm³/mol. The Morgan fingerprint density at radius 3 is 2.69 bits per heavy atom. The third-order valence-corrected chi connectivity index (χ3v) is 5.10. The van der Waals surface area contributed by atoms with E-state index >= 15 is 0 Å². The van der Waals surface area contributed by atoms with Crippen LogP contribution in [0.5, 0.6) is 5.75 Å². The number of anilines is 3. The van der Waals surface area contributed by atoms with Gasteiger partial charge in [-0.25, -0.2) is 8.60 Å². The number of rotatable bonds is 8. The Balaban J connectivity index is 2.49. The molecule has 0 saturated heterocycles. The fourth-order valence-electron chi connectivity index (χ4n) is 2.25. The van der Waals surface area contributed by atoms with Gasteiger partial charge in [-0.15, -0.1) is 12.6 Å². The SMILES string of the molecule is CCCCS(=O)Nc1c(OC)cc(=O)n(C)c1Nc1ccc(S)cc1F. The van der Waals surface area contributed by atoms with Gasteiger partial charge >= 0.3 is 0 Å². The molecule has 6 nitrogen and oxygen atoms in total. The monoisotopic (exact) mass is 399 g/mol. The summed E-state index contributed by atoms with van der Waals surface area (Å²) in [5.74, 6) is 0.410. The van der Waals surface area contributed by atoms with E-state index in [4.69, 9.17) is 4.74 Å². The Morgan fingerprint density at radius 1 is 1.35 bits per heavy atom. The van der Waals surface area contributed by atoms with Crippen LogP contribution >= 0.6 is 12.6 Å². The largest absolute Gasteiger partial charge is 0.494 e. The lowest BCUT2D eigenvalue weighted by atomic mass is 10.3. The second-order valence-electron chi connectivity index (χ2n) is 5.63. The first-order chi connectivity index (χ1) is 12.4. The zero-order valence-corrected chi connectivity index (χ0v) is 16.5. The molecule has 9 heteroatoms.